The number of hydrogen-bond donors (Lipinski definition) is 1. The fraction of sp³-hybridized carbons (Fsp3) is 0.167. The SMILES string of the molecule is C[C@@H](Oc1ccc(Cl)cc1Cl)c1nnc(SCC(=O)Nc2ccc(Br)cc2)o1. The normalized spacial score (nSPS) is 11.9. The van der Waals surface area contributed by atoms with Crippen LogP contribution in [0.2, 0.25) is 10.0 Å². The van der Waals surface area contributed by atoms with Crippen LogP contribution in [0.1, 0.15) is 18.9 Å². The second-order valence-corrected chi connectivity index (χ2v) is 8.27. The Morgan fingerprint density at radius 1 is 1.25 bits per heavy atom. The molecule has 6 nitrogen and oxygen atoms in total. The van der Waals surface area contributed by atoms with E-state index >= 15 is 0 Å². The number of carbonyl (C=O) groups is 1. The molecule has 0 radical (unpaired) electrons. The van der Waals surface area contributed by atoms with Crippen LogP contribution in [-0.4, -0.2) is 21.9 Å². The van der Waals surface area contributed by atoms with Gasteiger partial charge in [-0.1, -0.05) is 50.9 Å². The maximum atomic E-state index is 12.0. The summed E-state index contributed by atoms with van der Waals surface area (Å²) in [4.78, 5) is 12.0. The molecule has 0 saturated heterocycles. The molecular formula is C18H14BrCl2N3O3S. The molecule has 0 aliphatic rings. The number of rotatable bonds is 7. The van der Waals surface area contributed by atoms with Gasteiger partial charge in [0.25, 0.3) is 11.1 Å². The smallest absolute Gasteiger partial charge is 0.277 e. The minimum Gasteiger partial charge on any atom is -0.479 e. The number of nitrogens with zero attached hydrogens (tertiary/aromatic N) is 2. The van der Waals surface area contributed by atoms with Gasteiger partial charge >= 0.3 is 0 Å². The van der Waals surface area contributed by atoms with Crippen molar-refractivity contribution in [3.05, 3.63) is 62.9 Å². The van der Waals surface area contributed by atoms with Crippen molar-refractivity contribution in [3.63, 3.8) is 0 Å². The lowest BCUT2D eigenvalue weighted by Gasteiger charge is -2.12. The van der Waals surface area contributed by atoms with E-state index in [4.69, 9.17) is 32.4 Å². The molecule has 3 aromatic rings. The van der Waals surface area contributed by atoms with E-state index in [1.807, 2.05) is 12.1 Å². The zero-order valence-electron chi connectivity index (χ0n) is 14.5. The number of benzene rings is 2. The van der Waals surface area contributed by atoms with Crippen molar-refractivity contribution in [2.24, 2.45) is 0 Å². The lowest BCUT2D eigenvalue weighted by molar-refractivity contribution is -0.113. The number of amides is 1. The first-order valence-electron chi connectivity index (χ1n) is 8.04. The van der Waals surface area contributed by atoms with Gasteiger partial charge in [0.05, 0.1) is 10.8 Å². The van der Waals surface area contributed by atoms with Crippen LogP contribution < -0.4 is 10.1 Å². The van der Waals surface area contributed by atoms with Gasteiger partial charge in [0, 0.05) is 15.2 Å². The number of halogens is 3. The van der Waals surface area contributed by atoms with Gasteiger partial charge in [-0.15, -0.1) is 10.2 Å². The molecule has 0 bridgehead atoms. The molecule has 0 spiro atoms. The Morgan fingerprint density at radius 2 is 2.00 bits per heavy atom. The molecule has 0 aliphatic carbocycles. The summed E-state index contributed by atoms with van der Waals surface area (Å²) < 4.78 is 12.2. The highest BCUT2D eigenvalue weighted by Gasteiger charge is 2.18. The fourth-order valence-electron chi connectivity index (χ4n) is 2.11. The second-order valence-electron chi connectivity index (χ2n) is 5.58. The van der Waals surface area contributed by atoms with Crippen molar-refractivity contribution in [2.75, 3.05) is 11.1 Å². The van der Waals surface area contributed by atoms with Gasteiger partial charge in [-0.05, 0) is 49.4 Å². The molecule has 0 saturated carbocycles. The summed E-state index contributed by atoms with van der Waals surface area (Å²) in [7, 11) is 0. The predicted molar refractivity (Wildman–Crippen MR) is 113 cm³/mol. The van der Waals surface area contributed by atoms with Crippen LogP contribution >= 0.6 is 50.9 Å². The van der Waals surface area contributed by atoms with E-state index in [-0.39, 0.29) is 22.8 Å². The minimum atomic E-state index is -0.517. The number of carbonyl (C=O) groups excluding carboxylic acids is 1. The highest BCUT2D eigenvalue weighted by atomic mass is 79.9. The van der Waals surface area contributed by atoms with Crippen LogP contribution in [-0.2, 0) is 4.79 Å². The van der Waals surface area contributed by atoms with Crippen molar-refractivity contribution in [1.29, 1.82) is 0 Å². The number of ether oxygens (including phenoxy) is 1. The van der Waals surface area contributed by atoms with Gasteiger partial charge in [-0.25, -0.2) is 0 Å². The van der Waals surface area contributed by atoms with Crippen LogP contribution in [0.4, 0.5) is 5.69 Å². The number of hydrogen-bond acceptors (Lipinski definition) is 6. The van der Waals surface area contributed by atoms with E-state index in [0.29, 0.717) is 21.5 Å². The van der Waals surface area contributed by atoms with Gasteiger partial charge < -0.3 is 14.5 Å². The van der Waals surface area contributed by atoms with Gasteiger partial charge in [-0.3, -0.25) is 4.79 Å². The van der Waals surface area contributed by atoms with Crippen LogP contribution in [0.15, 0.2) is 56.6 Å². The maximum Gasteiger partial charge on any atom is 0.277 e. The molecule has 0 aliphatic heterocycles. The molecule has 0 unspecified atom stereocenters. The molecule has 0 fully saturated rings. The first kappa shape index (κ1) is 21.0. The number of thioether (sulfide) groups is 1. The molecule has 1 heterocycles. The molecule has 3 rings (SSSR count). The van der Waals surface area contributed by atoms with Crippen molar-refractivity contribution in [3.8, 4) is 5.75 Å². The van der Waals surface area contributed by atoms with Gasteiger partial charge in [0.1, 0.15) is 5.75 Å². The molecule has 28 heavy (non-hydrogen) atoms. The summed E-state index contributed by atoms with van der Waals surface area (Å²) in [5, 5.41) is 11.9. The summed E-state index contributed by atoms with van der Waals surface area (Å²) in [6.07, 6.45) is -0.517. The Bertz CT molecular complexity index is 969. The molecule has 2 aromatic carbocycles. The quantitative estimate of drug-likeness (QED) is 0.398. The third kappa shape index (κ3) is 5.88. The highest BCUT2D eigenvalue weighted by molar-refractivity contribution is 9.10. The van der Waals surface area contributed by atoms with Crippen LogP contribution in [0.5, 0.6) is 5.75 Å². The minimum absolute atomic E-state index is 0.135. The monoisotopic (exact) mass is 501 g/mol. The lowest BCUT2D eigenvalue weighted by atomic mass is 10.3. The Hall–Kier alpha value is -1.74. The van der Waals surface area contributed by atoms with E-state index in [0.717, 1.165) is 16.2 Å². The summed E-state index contributed by atoms with van der Waals surface area (Å²) >= 11 is 16.5. The Kier molecular flexibility index (Phi) is 7.23. The first-order chi connectivity index (χ1) is 13.4. The largest absolute Gasteiger partial charge is 0.479 e. The van der Waals surface area contributed by atoms with E-state index in [2.05, 4.69) is 31.4 Å². The third-order valence-electron chi connectivity index (χ3n) is 3.42. The topological polar surface area (TPSA) is 77.2 Å². The van der Waals surface area contributed by atoms with Crippen LogP contribution in [0, 0.1) is 0 Å². The van der Waals surface area contributed by atoms with Crippen molar-refractivity contribution >= 4 is 62.5 Å². The number of nitrogens with one attached hydrogen (secondary N) is 1. The standard InChI is InChI=1S/C18H14BrCl2N3O3S/c1-10(26-15-7-4-12(20)8-14(15)21)17-23-24-18(27-17)28-9-16(25)22-13-5-2-11(19)3-6-13/h2-8,10H,9H2,1H3,(H,22,25)/t10-/m1/s1. The fourth-order valence-corrected chi connectivity index (χ4v) is 3.40. The van der Waals surface area contributed by atoms with Gasteiger partial charge in [0.2, 0.25) is 5.91 Å². The lowest BCUT2D eigenvalue weighted by Crippen LogP contribution is -2.13. The molecule has 1 N–H and O–H groups in total. The van der Waals surface area contributed by atoms with E-state index in [1.165, 1.54) is 0 Å². The average molecular weight is 503 g/mol. The number of anilines is 1. The van der Waals surface area contributed by atoms with Crippen LogP contribution in [0.3, 0.4) is 0 Å². The van der Waals surface area contributed by atoms with E-state index in [9.17, 15) is 4.79 Å². The van der Waals surface area contributed by atoms with Crippen LogP contribution in [0.25, 0.3) is 0 Å². The summed E-state index contributed by atoms with van der Waals surface area (Å²) in [6.45, 7) is 1.76. The molecule has 10 heteroatoms. The zero-order chi connectivity index (χ0) is 20.1. The maximum absolute atomic E-state index is 12.0. The van der Waals surface area contributed by atoms with Crippen molar-refractivity contribution < 1.29 is 13.9 Å². The zero-order valence-corrected chi connectivity index (χ0v) is 18.4. The molecular weight excluding hydrogens is 489 g/mol. The van der Waals surface area contributed by atoms with Crippen molar-refractivity contribution in [1.82, 2.24) is 10.2 Å². The van der Waals surface area contributed by atoms with Gasteiger partial charge in [0.15, 0.2) is 6.10 Å². The Labute approximate surface area is 184 Å². The Balaban J connectivity index is 1.53. The molecule has 1 aromatic heterocycles. The van der Waals surface area contributed by atoms with E-state index < -0.39 is 6.10 Å². The summed E-state index contributed by atoms with van der Waals surface area (Å²) in [6, 6.07) is 12.2. The highest BCUT2D eigenvalue weighted by Crippen LogP contribution is 2.31. The number of aromatic nitrogens is 2. The average Bonchev–Trinajstić information content (AvgIpc) is 3.13. The summed E-state index contributed by atoms with van der Waals surface area (Å²) in [5.41, 5.74) is 0.710. The summed E-state index contributed by atoms with van der Waals surface area (Å²) in [5.74, 6) is 0.696. The predicted octanol–water partition coefficient (Wildman–Crippen LogP) is 6.01. The van der Waals surface area contributed by atoms with E-state index in [1.54, 1.807) is 37.3 Å². The second kappa shape index (κ2) is 9.65. The molecule has 1 atom stereocenters. The molecule has 146 valence electrons. The first-order valence-corrected chi connectivity index (χ1v) is 10.6. The molecule has 1 amide bonds. The third-order valence-corrected chi connectivity index (χ3v) is 5.30. The Morgan fingerprint density at radius 3 is 2.71 bits per heavy atom. The van der Waals surface area contributed by atoms with Crippen molar-refractivity contribution in [2.45, 2.75) is 18.3 Å². The van der Waals surface area contributed by atoms with Gasteiger partial charge in [-0.2, -0.15) is 0 Å².